The van der Waals surface area contributed by atoms with Crippen LogP contribution in [0.15, 0.2) is 41.4 Å². The topological polar surface area (TPSA) is 59.8 Å². The van der Waals surface area contributed by atoms with Crippen LogP contribution in [0.1, 0.15) is 5.69 Å². The fraction of sp³-hybridized carbons (Fsp3) is 0.188. The van der Waals surface area contributed by atoms with E-state index in [0.29, 0.717) is 5.69 Å². The number of hydrogen-bond acceptors (Lipinski definition) is 4. The Hall–Kier alpha value is -2.41. The molecule has 0 radical (unpaired) electrons. The first-order valence-electron chi connectivity index (χ1n) is 7.00. The van der Waals surface area contributed by atoms with Gasteiger partial charge in [0.05, 0.1) is 23.3 Å². The third kappa shape index (κ3) is 3.50. The number of anilines is 1. The van der Waals surface area contributed by atoms with Gasteiger partial charge >= 0.3 is 0 Å². The molecule has 23 heavy (non-hydrogen) atoms. The van der Waals surface area contributed by atoms with Gasteiger partial charge in [-0.1, -0.05) is 0 Å². The van der Waals surface area contributed by atoms with E-state index < -0.39 is 0 Å². The molecule has 1 N–H and O–H groups in total. The molecule has 0 bridgehead atoms. The van der Waals surface area contributed by atoms with Crippen LogP contribution in [0.5, 0.6) is 0 Å². The molecule has 0 aliphatic carbocycles. The molecule has 0 aliphatic heterocycles. The Balaban J connectivity index is 1.65. The normalized spacial score (nSPS) is 10.9. The number of carbonyl (C=O) groups is 1. The van der Waals surface area contributed by atoms with E-state index in [2.05, 4.69) is 15.4 Å². The predicted octanol–water partition coefficient (Wildman–Crippen LogP) is 3.15. The molecular weight excluding hydrogens is 315 g/mol. The van der Waals surface area contributed by atoms with E-state index in [1.165, 1.54) is 23.9 Å². The van der Waals surface area contributed by atoms with Gasteiger partial charge < -0.3 is 5.32 Å². The molecule has 2 aromatic heterocycles. The highest BCUT2D eigenvalue weighted by Gasteiger charge is 2.09. The summed E-state index contributed by atoms with van der Waals surface area (Å²) in [5, 5.41) is 8.03. The summed E-state index contributed by atoms with van der Waals surface area (Å²) < 4.78 is 14.5. The standard InChI is InChI=1S/C16H15FN4OS/c1-10-14-7-12(8-18-16(14)21(2)20-10)19-15(22)9-23-13-5-3-11(17)4-6-13/h3-8H,9H2,1-2H3,(H,19,22). The Morgan fingerprint density at radius 3 is 2.83 bits per heavy atom. The summed E-state index contributed by atoms with van der Waals surface area (Å²) in [6, 6.07) is 7.93. The van der Waals surface area contributed by atoms with Crippen LogP contribution in [0.2, 0.25) is 0 Å². The van der Waals surface area contributed by atoms with E-state index in [0.717, 1.165) is 21.6 Å². The number of amides is 1. The van der Waals surface area contributed by atoms with E-state index in [9.17, 15) is 9.18 Å². The lowest BCUT2D eigenvalue weighted by Gasteiger charge is -2.05. The van der Waals surface area contributed by atoms with Gasteiger partial charge in [0.2, 0.25) is 5.91 Å². The molecule has 7 heteroatoms. The van der Waals surface area contributed by atoms with Gasteiger partial charge in [0.25, 0.3) is 0 Å². The molecule has 118 valence electrons. The number of benzene rings is 1. The maximum Gasteiger partial charge on any atom is 0.234 e. The first-order chi connectivity index (χ1) is 11.0. The number of thioether (sulfide) groups is 1. The number of hydrogen-bond donors (Lipinski definition) is 1. The van der Waals surface area contributed by atoms with Crippen LogP contribution < -0.4 is 5.32 Å². The monoisotopic (exact) mass is 330 g/mol. The van der Waals surface area contributed by atoms with Gasteiger partial charge in [-0.2, -0.15) is 5.10 Å². The van der Waals surface area contributed by atoms with Crippen molar-refractivity contribution in [3.05, 3.63) is 48.0 Å². The Morgan fingerprint density at radius 2 is 2.09 bits per heavy atom. The third-order valence-electron chi connectivity index (χ3n) is 3.33. The Bertz CT molecular complexity index is 860. The third-order valence-corrected chi connectivity index (χ3v) is 4.34. The van der Waals surface area contributed by atoms with Crippen LogP contribution in [0.4, 0.5) is 10.1 Å². The quantitative estimate of drug-likeness (QED) is 0.747. The minimum Gasteiger partial charge on any atom is -0.324 e. The van der Waals surface area contributed by atoms with Gasteiger partial charge in [-0.05, 0) is 37.3 Å². The summed E-state index contributed by atoms with van der Waals surface area (Å²) >= 11 is 1.35. The number of halogens is 1. The van der Waals surface area contributed by atoms with Crippen molar-refractivity contribution < 1.29 is 9.18 Å². The number of carbonyl (C=O) groups excluding carboxylic acids is 1. The van der Waals surface area contributed by atoms with Crippen molar-refractivity contribution in [2.75, 3.05) is 11.1 Å². The van der Waals surface area contributed by atoms with Crippen LogP contribution in [0.25, 0.3) is 11.0 Å². The van der Waals surface area contributed by atoms with Gasteiger partial charge in [0, 0.05) is 17.3 Å². The number of aromatic nitrogens is 3. The largest absolute Gasteiger partial charge is 0.324 e. The maximum absolute atomic E-state index is 12.8. The minimum absolute atomic E-state index is 0.137. The average Bonchev–Trinajstić information content (AvgIpc) is 2.81. The SMILES string of the molecule is Cc1nn(C)c2ncc(NC(=O)CSc3ccc(F)cc3)cc12. The fourth-order valence-corrected chi connectivity index (χ4v) is 2.95. The summed E-state index contributed by atoms with van der Waals surface area (Å²) in [5.74, 6) is -0.178. The van der Waals surface area contributed by atoms with Crippen molar-refractivity contribution in [2.24, 2.45) is 7.05 Å². The van der Waals surface area contributed by atoms with Gasteiger partial charge in [-0.3, -0.25) is 9.48 Å². The van der Waals surface area contributed by atoms with Gasteiger partial charge in [0.15, 0.2) is 5.65 Å². The highest BCUT2D eigenvalue weighted by atomic mass is 32.2. The molecule has 0 saturated carbocycles. The summed E-state index contributed by atoms with van der Waals surface area (Å²) in [4.78, 5) is 17.2. The fourth-order valence-electron chi connectivity index (χ4n) is 2.25. The lowest BCUT2D eigenvalue weighted by atomic mass is 10.2. The molecule has 0 fully saturated rings. The number of aryl methyl sites for hydroxylation is 2. The van der Waals surface area contributed by atoms with E-state index in [1.807, 2.05) is 20.0 Å². The predicted molar refractivity (Wildman–Crippen MR) is 89.0 cm³/mol. The maximum atomic E-state index is 12.8. The van der Waals surface area contributed by atoms with Crippen LogP contribution >= 0.6 is 11.8 Å². The lowest BCUT2D eigenvalue weighted by Crippen LogP contribution is -2.14. The number of nitrogens with zero attached hydrogens (tertiary/aromatic N) is 3. The molecule has 5 nitrogen and oxygen atoms in total. The lowest BCUT2D eigenvalue weighted by molar-refractivity contribution is -0.113. The van der Waals surface area contributed by atoms with Crippen molar-refractivity contribution in [1.29, 1.82) is 0 Å². The molecule has 0 unspecified atom stereocenters. The van der Waals surface area contributed by atoms with Crippen molar-refractivity contribution >= 4 is 34.4 Å². The highest BCUT2D eigenvalue weighted by Crippen LogP contribution is 2.21. The van der Waals surface area contributed by atoms with Crippen molar-refractivity contribution in [1.82, 2.24) is 14.8 Å². The summed E-state index contributed by atoms with van der Waals surface area (Å²) in [7, 11) is 1.83. The molecule has 0 atom stereocenters. The molecule has 3 aromatic rings. The molecule has 3 rings (SSSR count). The Labute approximate surface area is 136 Å². The zero-order valence-corrected chi connectivity index (χ0v) is 13.5. The highest BCUT2D eigenvalue weighted by molar-refractivity contribution is 8.00. The first-order valence-corrected chi connectivity index (χ1v) is 7.99. The molecular formula is C16H15FN4OS. The molecule has 0 aliphatic rings. The second-order valence-corrected chi connectivity index (χ2v) is 6.14. The molecule has 0 spiro atoms. The van der Waals surface area contributed by atoms with Crippen molar-refractivity contribution in [3.8, 4) is 0 Å². The number of rotatable bonds is 4. The smallest absolute Gasteiger partial charge is 0.234 e. The van der Waals surface area contributed by atoms with Gasteiger partial charge in [-0.25, -0.2) is 9.37 Å². The molecule has 1 aromatic carbocycles. The zero-order valence-electron chi connectivity index (χ0n) is 12.7. The van der Waals surface area contributed by atoms with Crippen molar-refractivity contribution in [2.45, 2.75) is 11.8 Å². The number of pyridine rings is 1. The van der Waals surface area contributed by atoms with Gasteiger partial charge in [0.1, 0.15) is 5.82 Å². The van der Waals surface area contributed by atoms with Gasteiger partial charge in [-0.15, -0.1) is 11.8 Å². The molecule has 2 heterocycles. The van der Waals surface area contributed by atoms with Crippen LogP contribution in [-0.4, -0.2) is 26.4 Å². The number of nitrogens with one attached hydrogen (secondary N) is 1. The average molecular weight is 330 g/mol. The van der Waals surface area contributed by atoms with E-state index in [1.54, 1.807) is 23.0 Å². The van der Waals surface area contributed by atoms with Crippen LogP contribution in [0, 0.1) is 12.7 Å². The zero-order chi connectivity index (χ0) is 16.4. The van der Waals surface area contributed by atoms with E-state index in [-0.39, 0.29) is 17.5 Å². The van der Waals surface area contributed by atoms with E-state index >= 15 is 0 Å². The Morgan fingerprint density at radius 1 is 1.35 bits per heavy atom. The molecule has 1 amide bonds. The number of fused-ring (bicyclic) bond motifs is 1. The summed E-state index contributed by atoms with van der Waals surface area (Å²) in [6.45, 7) is 1.90. The minimum atomic E-state index is -0.287. The van der Waals surface area contributed by atoms with Crippen LogP contribution in [-0.2, 0) is 11.8 Å². The van der Waals surface area contributed by atoms with Crippen molar-refractivity contribution in [3.63, 3.8) is 0 Å². The van der Waals surface area contributed by atoms with Crippen LogP contribution in [0.3, 0.4) is 0 Å². The first kappa shape index (κ1) is 15.5. The molecule has 0 saturated heterocycles. The second kappa shape index (κ2) is 6.37. The Kier molecular flexibility index (Phi) is 4.29. The second-order valence-electron chi connectivity index (χ2n) is 5.09. The summed E-state index contributed by atoms with van der Waals surface area (Å²) in [6.07, 6.45) is 1.61. The van der Waals surface area contributed by atoms with E-state index in [4.69, 9.17) is 0 Å². The summed E-state index contributed by atoms with van der Waals surface area (Å²) in [5.41, 5.74) is 2.28.